The molecule has 1 unspecified atom stereocenters. The van der Waals surface area contributed by atoms with E-state index in [9.17, 15) is 5.11 Å². The molecule has 7 heteroatoms. The van der Waals surface area contributed by atoms with Gasteiger partial charge in [0, 0.05) is 30.8 Å². The van der Waals surface area contributed by atoms with Crippen LogP contribution in [0.2, 0.25) is 0 Å². The van der Waals surface area contributed by atoms with E-state index in [1.54, 1.807) is 17.8 Å². The summed E-state index contributed by atoms with van der Waals surface area (Å²) in [6.45, 7) is 6.61. The van der Waals surface area contributed by atoms with Gasteiger partial charge in [0.2, 0.25) is 11.8 Å². The van der Waals surface area contributed by atoms with Crippen LogP contribution in [-0.4, -0.2) is 58.8 Å². The highest BCUT2D eigenvalue weighted by molar-refractivity contribution is 7.99. The van der Waals surface area contributed by atoms with E-state index >= 15 is 0 Å². The van der Waals surface area contributed by atoms with Crippen LogP contribution in [0.4, 0.5) is 0 Å². The Morgan fingerprint density at radius 1 is 1.10 bits per heavy atom. The summed E-state index contributed by atoms with van der Waals surface area (Å²) in [7, 11) is 0. The number of aromatic nitrogens is 2. The van der Waals surface area contributed by atoms with Crippen molar-refractivity contribution in [3.8, 4) is 17.2 Å². The Balaban J connectivity index is 1.45. The highest BCUT2D eigenvalue weighted by Crippen LogP contribution is 2.39. The number of ether oxygens (including phenoxy) is 1. The molecule has 1 aliphatic rings. The van der Waals surface area contributed by atoms with E-state index in [0.717, 1.165) is 55.3 Å². The molecule has 0 radical (unpaired) electrons. The maximum atomic E-state index is 10.3. The van der Waals surface area contributed by atoms with E-state index in [4.69, 9.17) is 9.15 Å². The number of rotatable bonds is 8. The van der Waals surface area contributed by atoms with Gasteiger partial charge in [-0.3, -0.25) is 4.90 Å². The molecule has 0 aliphatic carbocycles. The first-order valence-corrected chi connectivity index (χ1v) is 11.6. The smallest absolute Gasteiger partial charge is 0.247 e. The van der Waals surface area contributed by atoms with Crippen molar-refractivity contribution >= 4 is 17.8 Å². The van der Waals surface area contributed by atoms with Crippen LogP contribution in [0.3, 0.4) is 0 Å². The van der Waals surface area contributed by atoms with E-state index in [0.29, 0.717) is 11.8 Å². The maximum Gasteiger partial charge on any atom is 0.247 e. The minimum atomic E-state index is -0.199. The largest absolute Gasteiger partial charge is 0.508 e. The summed E-state index contributed by atoms with van der Waals surface area (Å²) in [5.74, 6) is 2.08. The average Bonchev–Trinajstić information content (AvgIpc) is 3.29. The third-order valence-electron chi connectivity index (χ3n) is 5.15. The van der Waals surface area contributed by atoms with Crippen LogP contribution in [0.1, 0.15) is 29.2 Å². The van der Waals surface area contributed by atoms with Gasteiger partial charge in [0.05, 0.1) is 13.2 Å². The van der Waals surface area contributed by atoms with Crippen LogP contribution in [-0.2, 0) is 4.74 Å². The van der Waals surface area contributed by atoms with Gasteiger partial charge in [-0.25, -0.2) is 0 Å². The molecular weight excluding hydrogens is 410 g/mol. The van der Waals surface area contributed by atoms with Crippen molar-refractivity contribution in [2.24, 2.45) is 0 Å². The van der Waals surface area contributed by atoms with Crippen molar-refractivity contribution in [3.05, 3.63) is 71.6 Å². The van der Waals surface area contributed by atoms with Crippen LogP contribution >= 0.6 is 11.8 Å². The van der Waals surface area contributed by atoms with Gasteiger partial charge in [-0.15, -0.1) is 22.0 Å². The summed E-state index contributed by atoms with van der Waals surface area (Å²) >= 11 is 1.65. The van der Waals surface area contributed by atoms with Crippen molar-refractivity contribution < 1.29 is 14.3 Å². The van der Waals surface area contributed by atoms with Gasteiger partial charge in [0.15, 0.2) is 0 Å². The van der Waals surface area contributed by atoms with Crippen molar-refractivity contribution in [3.63, 3.8) is 0 Å². The second-order valence-corrected chi connectivity index (χ2v) is 8.66. The van der Waals surface area contributed by atoms with Crippen molar-refractivity contribution in [2.45, 2.75) is 12.2 Å². The van der Waals surface area contributed by atoms with Crippen molar-refractivity contribution in [1.29, 1.82) is 0 Å². The number of hydrogen-bond acceptors (Lipinski definition) is 7. The quantitative estimate of drug-likeness (QED) is 0.551. The summed E-state index contributed by atoms with van der Waals surface area (Å²) in [6, 6.07) is 15.4. The fourth-order valence-electron chi connectivity index (χ4n) is 3.49. The molecule has 1 aromatic heterocycles. The Kier molecular flexibility index (Phi) is 7.40. The topological polar surface area (TPSA) is 71.6 Å². The SMILES string of the molecule is CCSC(c1nnc(-c2ccc(C=CCN3CCOCC3)cc2)o1)c1ccccc1O. The predicted octanol–water partition coefficient (Wildman–Crippen LogP) is 4.63. The number of para-hydroxylation sites is 1. The number of thioether (sulfide) groups is 1. The van der Waals surface area contributed by atoms with Gasteiger partial charge >= 0.3 is 0 Å². The second-order valence-electron chi connectivity index (χ2n) is 7.28. The van der Waals surface area contributed by atoms with Crippen molar-refractivity contribution in [2.75, 3.05) is 38.6 Å². The number of phenols is 1. The second kappa shape index (κ2) is 10.6. The zero-order chi connectivity index (χ0) is 21.5. The molecule has 162 valence electrons. The monoisotopic (exact) mass is 437 g/mol. The zero-order valence-electron chi connectivity index (χ0n) is 17.6. The summed E-state index contributed by atoms with van der Waals surface area (Å²) in [5, 5.41) is 18.6. The van der Waals surface area contributed by atoms with Gasteiger partial charge in [0.25, 0.3) is 0 Å². The highest BCUT2D eigenvalue weighted by atomic mass is 32.2. The number of aromatic hydroxyl groups is 1. The molecule has 3 aromatic rings. The van der Waals surface area contributed by atoms with Crippen LogP contribution in [0.25, 0.3) is 17.5 Å². The first-order chi connectivity index (χ1) is 15.2. The molecule has 1 aliphatic heterocycles. The normalized spacial score (nSPS) is 16.0. The molecule has 2 aromatic carbocycles. The van der Waals surface area contributed by atoms with E-state index in [1.807, 2.05) is 30.3 Å². The lowest BCUT2D eigenvalue weighted by Gasteiger charge is -2.25. The van der Waals surface area contributed by atoms with Crippen LogP contribution in [0.5, 0.6) is 5.75 Å². The molecule has 1 atom stereocenters. The molecular formula is C24H27N3O3S. The molecule has 0 saturated carbocycles. The Bertz CT molecular complexity index is 997. The van der Waals surface area contributed by atoms with Gasteiger partial charge < -0.3 is 14.3 Å². The molecule has 2 heterocycles. The Labute approximate surface area is 186 Å². The number of benzene rings is 2. The standard InChI is InChI=1S/C24H27N3O3S/c1-2-31-22(20-7-3-4-8-21(20)28)24-26-25-23(30-24)19-11-9-18(10-12-19)6-5-13-27-14-16-29-17-15-27/h3-12,22,28H,2,13-17H2,1H3. The van der Waals surface area contributed by atoms with Crippen LogP contribution in [0.15, 0.2) is 59.0 Å². The zero-order valence-corrected chi connectivity index (χ0v) is 18.4. The molecule has 0 bridgehead atoms. The highest BCUT2D eigenvalue weighted by Gasteiger charge is 2.23. The first kappa shape index (κ1) is 21.6. The van der Waals surface area contributed by atoms with Gasteiger partial charge in [-0.05, 0) is 29.5 Å². The fourth-order valence-corrected chi connectivity index (χ4v) is 4.44. The minimum absolute atomic E-state index is 0.199. The lowest BCUT2D eigenvalue weighted by Crippen LogP contribution is -2.36. The van der Waals surface area contributed by atoms with E-state index in [-0.39, 0.29) is 11.0 Å². The number of morpholine rings is 1. The Morgan fingerprint density at radius 2 is 1.87 bits per heavy atom. The van der Waals surface area contributed by atoms with Crippen molar-refractivity contribution in [1.82, 2.24) is 15.1 Å². The molecule has 0 amide bonds. The van der Waals surface area contributed by atoms with Gasteiger partial charge in [-0.1, -0.05) is 49.4 Å². The van der Waals surface area contributed by atoms with E-state index in [2.05, 4.69) is 46.3 Å². The molecule has 1 N–H and O–H groups in total. The minimum Gasteiger partial charge on any atom is -0.508 e. The lowest BCUT2D eigenvalue weighted by molar-refractivity contribution is 0.0435. The van der Waals surface area contributed by atoms with Gasteiger partial charge in [0.1, 0.15) is 11.0 Å². The predicted molar refractivity (Wildman–Crippen MR) is 124 cm³/mol. The third kappa shape index (κ3) is 5.55. The number of hydrogen-bond donors (Lipinski definition) is 1. The van der Waals surface area contributed by atoms with Crippen LogP contribution < -0.4 is 0 Å². The summed E-state index contributed by atoms with van der Waals surface area (Å²) in [5.41, 5.74) is 2.79. The third-order valence-corrected chi connectivity index (χ3v) is 6.27. The van der Waals surface area contributed by atoms with Crippen LogP contribution in [0, 0.1) is 0 Å². The number of nitrogens with zero attached hydrogens (tertiary/aromatic N) is 3. The Morgan fingerprint density at radius 3 is 2.61 bits per heavy atom. The fraction of sp³-hybridized carbons (Fsp3) is 0.333. The molecule has 31 heavy (non-hydrogen) atoms. The Hall–Kier alpha value is -2.61. The molecule has 6 nitrogen and oxygen atoms in total. The number of phenolic OH excluding ortho intramolecular Hbond substituents is 1. The molecule has 1 fully saturated rings. The molecule has 4 rings (SSSR count). The summed E-state index contributed by atoms with van der Waals surface area (Å²) in [4.78, 5) is 2.38. The van der Waals surface area contributed by atoms with E-state index < -0.39 is 0 Å². The average molecular weight is 438 g/mol. The molecule has 0 spiro atoms. The lowest BCUT2D eigenvalue weighted by atomic mass is 10.1. The maximum absolute atomic E-state index is 10.3. The summed E-state index contributed by atoms with van der Waals surface area (Å²) in [6.07, 6.45) is 4.31. The first-order valence-electron chi connectivity index (χ1n) is 10.5. The summed E-state index contributed by atoms with van der Waals surface area (Å²) < 4.78 is 11.4. The van der Waals surface area contributed by atoms with E-state index in [1.165, 1.54) is 0 Å². The van der Waals surface area contributed by atoms with Gasteiger partial charge in [-0.2, -0.15) is 0 Å². The molecule has 1 saturated heterocycles.